The SMILES string of the molecule is CCCOCC1=C[C@@](CC(C)C)(C(=O)OC(C)(C)C)N(C(=O)c2ccc(C(C)(C)C)c(OC)c2)[C@H]1c1nccs1. The van der Waals surface area contributed by atoms with E-state index in [0.717, 1.165) is 22.6 Å². The van der Waals surface area contributed by atoms with E-state index in [4.69, 9.17) is 14.2 Å². The predicted octanol–water partition coefficient (Wildman–Crippen LogP) is 7.13. The lowest BCUT2D eigenvalue weighted by Gasteiger charge is -2.41. The van der Waals surface area contributed by atoms with Crippen LogP contribution in [0.1, 0.15) is 102 Å². The molecule has 1 amide bonds. The number of carbonyl (C=O) groups excluding carboxylic acids is 2. The Kier molecular flexibility index (Phi) is 9.89. The Morgan fingerprint density at radius 3 is 2.38 bits per heavy atom. The standard InChI is InChI=1S/C32H46N2O5S/c1-11-15-38-20-23-19-32(18-21(2)3,29(36)39-31(7,8)9)34(26(23)27-33-14-16-40-27)28(35)22-12-13-24(30(4,5)6)25(17-22)37-10/h12-14,16-17,19,21,26H,11,15,18,20H2,1-10H3/t26-,32+/m1/s1. The quantitative estimate of drug-likeness (QED) is 0.172. The molecular weight excluding hydrogens is 524 g/mol. The third-order valence-corrected chi connectivity index (χ3v) is 7.54. The number of rotatable bonds is 10. The molecule has 2 atom stereocenters. The van der Waals surface area contributed by atoms with Gasteiger partial charge in [-0.15, -0.1) is 11.3 Å². The van der Waals surface area contributed by atoms with Crippen LogP contribution in [-0.2, 0) is 19.7 Å². The van der Waals surface area contributed by atoms with Crippen molar-refractivity contribution in [3.63, 3.8) is 0 Å². The van der Waals surface area contributed by atoms with Crippen molar-refractivity contribution in [2.45, 2.75) is 97.8 Å². The van der Waals surface area contributed by atoms with E-state index in [-0.39, 0.29) is 23.8 Å². The van der Waals surface area contributed by atoms with E-state index in [2.05, 4.69) is 32.7 Å². The Balaban J connectivity index is 2.26. The number of ether oxygens (including phenoxy) is 3. The average Bonchev–Trinajstić information content (AvgIpc) is 3.48. The molecule has 0 unspecified atom stereocenters. The van der Waals surface area contributed by atoms with Gasteiger partial charge in [0.1, 0.15) is 22.4 Å². The van der Waals surface area contributed by atoms with Crippen molar-refractivity contribution in [1.29, 1.82) is 0 Å². The van der Waals surface area contributed by atoms with Crippen LogP contribution in [0.5, 0.6) is 5.75 Å². The summed E-state index contributed by atoms with van der Waals surface area (Å²) in [4.78, 5) is 35.2. The summed E-state index contributed by atoms with van der Waals surface area (Å²) >= 11 is 1.46. The third-order valence-electron chi connectivity index (χ3n) is 6.71. The molecule has 1 aliphatic rings. The fourth-order valence-corrected chi connectivity index (χ4v) is 5.98. The number of aromatic nitrogens is 1. The van der Waals surface area contributed by atoms with Gasteiger partial charge in [-0.1, -0.05) is 47.6 Å². The van der Waals surface area contributed by atoms with Gasteiger partial charge in [0.15, 0.2) is 5.54 Å². The molecule has 220 valence electrons. The predicted molar refractivity (Wildman–Crippen MR) is 160 cm³/mol. The molecule has 0 saturated heterocycles. The van der Waals surface area contributed by atoms with E-state index in [0.29, 0.717) is 24.3 Å². The second-order valence-electron chi connectivity index (χ2n) is 12.9. The van der Waals surface area contributed by atoms with Crippen molar-refractivity contribution >= 4 is 23.2 Å². The maximum atomic E-state index is 14.7. The summed E-state index contributed by atoms with van der Waals surface area (Å²) in [6.07, 6.45) is 4.90. The molecule has 0 aliphatic carbocycles. The highest BCUT2D eigenvalue weighted by Gasteiger charge is 2.56. The molecule has 3 rings (SSSR count). The largest absolute Gasteiger partial charge is 0.496 e. The molecule has 0 radical (unpaired) electrons. The van der Waals surface area contributed by atoms with E-state index in [1.807, 2.05) is 58.2 Å². The van der Waals surface area contributed by atoms with Crippen molar-refractivity contribution in [2.75, 3.05) is 20.3 Å². The topological polar surface area (TPSA) is 78.0 Å². The van der Waals surface area contributed by atoms with Gasteiger partial charge in [0.05, 0.1) is 13.7 Å². The number of benzene rings is 1. The normalized spacial score (nSPS) is 19.6. The highest BCUT2D eigenvalue weighted by molar-refractivity contribution is 7.09. The third kappa shape index (κ3) is 6.95. The minimum atomic E-state index is -1.34. The number of thiazole rings is 1. The summed E-state index contributed by atoms with van der Waals surface area (Å²) in [6, 6.07) is 4.98. The molecule has 2 heterocycles. The van der Waals surface area contributed by atoms with E-state index < -0.39 is 23.2 Å². The minimum absolute atomic E-state index is 0.0877. The Bertz CT molecular complexity index is 1210. The van der Waals surface area contributed by atoms with Crippen LogP contribution in [0, 0.1) is 5.92 Å². The first-order valence-corrected chi connectivity index (χ1v) is 15.0. The monoisotopic (exact) mass is 570 g/mol. The maximum Gasteiger partial charge on any atom is 0.336 e. The van der Waals surface area contributed by atoms with Crippen molar-refractivity contribution in [3.8, 4) is 5.75 Å². The van der Waals surface area contributed by atoms with E-state index in [1.54, 1.807) is 24.3 Å². The van der Waals surface area contributed by atoms with Crippen LogP contribution in [0.2, 0.25) is 0 Å². The van der Waals surface area contributed by atoms with Crippen LogP contribution in [0.15, 0.2) is 41.4 Å². The fourth-order valence-electron chi connectivity index (χ4n) is 5.21. The summed E-state index contributed by atoms with van der Waals surface area (Å²) in [5, 5.41) is 2.62. The second kappa shape index (κ2) is 12.4. The number of amides is 1. The van der Waals surface area contributed by atoms with E-state index in [1.165, 1.54) is 11.3 Å². The van der Waals surface area contributed by atoms with Gasteiger partial charge in [0.25, 0.3) is 5.91 Å². The molecule has 1 aliphatic heterocycles. The molecule has 0 fully saturated rings. The van der Waals surface area contributed by atoms with Crippen LogP contribution in [-0.4, -0.2) is 53.2 Å². The molecule has 2 aromatic rings. The van der Waals surface area contributed by atoms with Gasteiger partial charge in [0, 0.05) is 23.7 Å². The Morgan fingerprint density at radius 1 is 1.15 bits per heavy atom. The smallest absolute Gasteiger partial charge is 0.336 e. The van der Waals surface area contributed by atoms with Gasteiger partial charge in [-0.2, -0.15) is 0 Å². The lowest BCUT2D eigenvalue weighted by Crippen LogP contribution is -2.56. The molecular formula is C32H46N2O5S. The minimum Gasteiger partial charge on any atom is -0.496 e. The van der Waals surface area contributed by atoms with Gasteiger partial charge in [-0.05, 0) is 74.3 Å². The molecule has 7 nitrogen and oxygen atoms in total. The Labute approximate surface area is 243 Å². The van der Waals surface area contributed by atoms with Gasteiger partial charge < -0.3 is 19.1 Å². The van der Waals surface area contributed by atoms with Gasteiger partial charge in [-0.3, -0.25) is 4.79 Å². The lowest BCUT2D eigenvalue weighted by molar-refractivity contribution is -0.166. The molecule has 8 heteroatoms. The van der Waals surface area contributed by atoms with Gasteiger partial charge in [-0.25, -0.2) is 9.78 Å². The first kappa shape index (κ1) is 31.8. The highest BCUT2D eigenvalue weighted by Crippen LogP contribution is 2.48. The molecule has 1 aromatic heterocycles. The van der Waals surface area contributed by atoms with Crippen LogP contribution < -0.4 is 4.74 Å². The van der Waals surface area contributed by atoms with Crippen LogP contribution in [0.3, 0.4) is 0 Å². The number of hydrogen-bond donors (Lipinski definition) is 0. The van der Waals surface area contributed by atoms with Crippen molar-refractivity contribution in [1.82, 2.24) is 9.88 Å². The van der Waals surface area contributed by atoms with Gasteiger partial charge in [0.2, 0.25) is 0 Å². The van der Waals surface area contributed by atoms with Crippen LogP contribution >= 0.6 is 11.3 Å². The first-order chi connectivity index (χ1) is 18.6. The molecule has 0 saturated carbocycles. The molecule has 0 bridgehead atoms. The molecule has 0 spiro atoms. The second-order valence-corrected chi connectivity index (χ2v) is 13.8. The Hall–Kier alpha value is -2.71. The van der Waals surface area contributed by atoms with Crippen molar-refractivity contribution in [2.24, 2.45) is 5.92 Å². The number of carbonyl (C=O) groups is 2. The summed E-state index contributed by atoms with van der Waals surface area (Å²) in [7, 11) is 1.61. The Morgan fingerprint density at radius 2 is 1.85 bits per heavy atom. The zero-order valence-electron chi connectivity index (χ0n) is 25.8. The molecule has 0 N–H and O–H groups in total. The zero-order valence-corrected chi connectivity index (χ0v) is 26.6. The zero-order chi connectivity index (χ0) is 29.9. The first-order valence-electron chi connectivity index (χ1n) is 14.1. The van der Waals surface area contributed by atoms with Crippen LogP contribution in [0.25, 0.3) is 0 Å². The summed E-state index contributed by atoms with van der Waals surface area (Å²) < 4.78 is 17.8. The fraction of sp³-hybridized carbons (Fsp3) is 0.594. The number of esters is 1. The summed E-state index contributed by atoms with van der Waals surface area (Å²) in [6.45, 7) is 18.9. The molecule has 1 aromatic carbocycles. The van der Waals surface area contributed by atoms with Crippen molar-refractivity contribution < 1.29 is 23.8 Å². The van der Waals surface area contributed by atoms with Crippen molar-refractivity contribution in [3.05, 3.63) is 57.6 Å². The maximum absolute atomic E-state index is 14.7. The summed E-state index contributed by atoms with van der Waals surface area (Å²) in [5.41, 5.74) is 0.0213. The highest BCUT2D eigenvalue weighted by atomic mass is 32.1. The average molecular weight is 571 g/mol. The van der Waals surface area contributed by atoms with Crippen LogP contribution in [0.4, 0.5) is 0 Å². The van der Waals surface area contributed by atoms with Gasteiger partial charge >= 0.3 is 5.97 Å². The van der Waals surface area contributed by atoms with E-state index in [9.17, 15) is 9.59 Å². The number of hydrogen-bond acceptors (Lipinski definition) is 7. The number of methoxy groups -OCH3 is 1. The van der Waals surface area contributed by atoms with E-state index >= 15 is 0 Å². The summed E-state index contributed by atoms with van der Waals surface area (Å²) in [5.74, 6) is -0.0150. The number of nitrogens with zero attached hydrogens (tertiary/aromatic N) is 2. The molecule has 40 heavy (non-hydrogen) atoms. The lowest BCUT2D eigenvalue weighted by atomic mass is 9.85.